The third-order valence-electron chi connectivity index (χ3n) is 6.43. The molecule has 1 aromatic heterocycles. The molecule has 0 radical (unpaired) electrons. The van der Waals surface area contributed by atoms with Gasteiger partial charge in [-0.05, 0) is 60.5 Å². The summed E-state index contributed by atoms with van der Waals surface area (Å²) in [4.78, 5) is 8.50. The molecule has 0 saturated carbocycles. The molecule has 3 aromatic rings. The molecule has 194 valence electrons. The molecule has 0 aliphatic carbocycles. The van der Waals surface area contributed by atoms with Gasteiger partial charge < -0.3 is 25.0 Å². The molecule has 2 aromatic carbocycles. The number of anilines is 1. The van der Waals surface area contributed by atoms with E-state index in [4.69, 9.17) is 16.3 Å². The summed E-state index contributed by atoms with van der Waals surface area (Å²) in [6.45, 7) is 3.99. The maximum atomic E-state index is 10.9. The maximum absolute atomic E-state index is 10.9. The van der Waals surface area contributed by atoms with Crippen molar-refractivity contribution in [1.29, 1.82) is 5.26 Å². The topological polar surface area (TPSA) is 113 Å². The van der Waals surface area contributed by atoms with Gasteiger partial charge in [0.2, 0.25) is 0 Å². The fourth-order valence-corrected chi connectivity index (χ4v) is 4.69. The van der Waals surface area contributed by atoms with E-state index in [1.165, 1.54) is 0 Å². The summed E-state index contributed by atoms with van der Waals surface area (Å²) >= 11 is 6.16. The first kappa shape index (κ1) is 26.9. The van der Waals surface area contributed by atoms with Gasteiger partial charge in [0.05, 0.1) is 41.8 Å². The maximum Gasteiger partial charge on any atom is 0.120 e. The molecule has 8 nitrogen and oxygen atoms in total. The lowest BCUT2D eigenvalue weighted by molar-refractivity contribution is 0.100. The minimum absolute atomic E-state index is 0.0833. The second-order valence-electron chi connectivity index (χ2n) is 9.23. The summed E-state index contributed by atoms with van der Waals surface area (Å²) in [6.07, 6.45) is 0.257. The normalized spacial score (nSPS) is 17.7. The van der Waals surface area contributed by atoms with Gasteiger partial charge in [-0.15, -0.1) is 0 Å². The predicted octanol–water partition coefficient (Wildman–Crippen LogP) is 3.46. The average molecular weight is 523 g/mol. The molecule has 3 atom stereocenters. The van der Waals surface area contributed by atoms with E-state index in [2.05, 4.69) is 20.9 Å². The lowest BCUT2D eigenvalue weighted by atomic mass is 9.99. The Labute approximate surface area is 221 Å². The zero-order chi connectivity index (χ0) is 26.4. The molecule has 1 saturated heterocycles. The van der Waals surface area contributed by atoms with Crippen LogP contribution in [0.1, 0.15) is 41.5 Å². The van der Waals surface area contributed by atoms with E-state index in [1.54, 1.807) is 31.3 Å². The Morgan fingerprint density at radius 1 is 1.14 bits per heavy atom. The Morgan fingerprint density at radius 2 is 1.92 bits per heavy atom. The molecule has 1 unspecified atom stereocenters. The Morgan fingerprint density at radius 3 is 2.62 bits per heavy atom. The van der Waals surface area contributed by atoms with Crippen LogP contribution < -0.4 is 9.64 Å². The first-order valence-corrected chi connectivity index (χ1v) is 12.6. The molecule has 1 aliphatic heterocycles. The molecule has 2 heterocycles. The van der Waals surface area contributed by atoms with Crippen LogP contribution in [0.2, 0.25) is 5.02 Å². The quantitative estimate of drug-likeness (QED) is 0.391. The number of benzene rings is 2. The van der Waals surface area contributed by atoms with Crippen molar-refractivity contribution in [3.8, 4) is 11.8 Å². The van der Waals surface area contributed by atoms with Crippen LogP contribution in [0, 0.1) is 11.3 Å². The van der Waals surface area contributed by atoms with Crippen molar-refractivity contribution >= 4 is 17.3 Å². The Kier molecular flexibility index (Phi) is 8.98. The highest BCUT2D eigenvalue weighted by atomic mass is 35.5. The van der Waals surface area contributed by atoms with Crippen molar-refractivity contribution in [2.45, 2.75) is 31.8 Å². The van der Waals surface area contributed by atoms with Crippen molar-refractivity contribution in [2.75, 3.05) is 37.7 Å². The van der Waals surface area contributed by atoms with Crippen molar-refractivity contribution in [2.24, 2.45) is 0 Å². The van der Waals surface area contributed by atoms with Gasteiger partial charge in [-0.3, -0.25) is 9.88 Å². The van der Waals surface area contributed by atoms with Gasteiger partial charge in [0, 0.05) is 37.4 Å². The number of aliphatic hydroxyl groups excluding tert-OH is 3. The van der Waals surface area contributed by atoms with Crippen molar-refractivity contribution in [3.63, 3.8) is 0 Å². The minimum Gasteiger partial charge on any atom is -0.491 e. The van der Waals surface area contributed by atoms with Gasteiger partial charge in [0.25, 0.3) is 0 Å². The van der Waals surface area contributed by atoms with E-state index in [0.717, 1.165) is 11.3 Å². The first-order chi connectivity index (χ1) is 17.9. The number of hydrogen-bond donors (Lipinski definition) is 3. The van der Waals surface area contributed by atoms with E-state index in [1.807, 2.05) is 36.4 Å². The average Bonchev–Trinajstić information content (AvgIpc) is 2.92. The standard InChI is InChI=1S/C28H31ClN4O4/c1-19(35)18-37-25-6-7-26(22(13-25)14-30)33-11-10-32(15-27(33)20-2-4-23(29)5-3-20)16-28(36)21-8-9-31-24(12-21)17-34/h2-9,12-13,19,27-28,34-36H,10-11,15-18H2,1H3/t19-,27-,28?/m0/s1. The largest absolute Gasteiger partial charge is 0.491 e. The Hall–Kier alpha value is -3.19. The Balaban J connectivity index is 1.58. The molecular formula is C28H31ClN4O4. The predicted molar refractivity (Wildman–Crippen MR) is 141 cm³/mol. The number of aliphatic hydroxyl groups is 3. The van der Waals surface area contributed by atoms with Crippen LogP contribution in [0.3, 0.4) is 0 Å². The first-order valence-electron chi connectivity index (χ1n) is 12.2. The van der Waals surface area contributed by atoms with Crippen LogP contribution in [0.25, 0.3) is 0 Å². The molecule has 0 bridgehead atoms. The van der Waals surface area contributed by atoms with Gasteiger partial charge >= 0.3 is 0 Å². The number of β-amino-alcohol motifs (C(OH)–C–C–N with tert-alkyl or cyclic N) is 1. The smallest absolute Gasteiger partial charge is 0.120 e. The summed E-state index contributed by atoms with van der Waals surface area (Å²) in [5, 5.41) is 40.4. The van der Waals surface area contributed by atoms with Gasteiger partial charge in [-0.2, -0.15) is 5.26 Å². The number of pyridine rings is 1. The number of piperazine rings is 1. The SMILES string of the molecule is C[C@H](O)COc1ccc(N2CCN(CC(O)c3ccnc(CO)c3)C[C@H]2c2ccc(Cl)cc2)c(C#N)c1. The van der Waals surface area contributed by atoms with E-state index in [-0.39, 0.29) is 19.3 Å². The van der Waals surface area contributed by atoms with Gasteiger partial charge in [0.15, 0.2) is 0 Å². The van der Waals surface area contributed by atoms with E-state index >= 15 is 0 Å². The van der Waals surface area contributed by atoms with Crippen molar-refractivity contribution in [1.82, 2.24) is 9.88 Å². The van der Waals surface area contributed by atoms with Crippen molar-refractivity contribution in [3.05, 3.63) is 88.2 Å². The number of rotatable bonds is 9. The summed E-state index contributed by atoms with van der Waals surface area (Å²) in [7, 11) is 0. The van der Waals surface area contributed by atoms with Crippen LogP contribution in [0.4, 0.5) is 5.69 Å². The molecule has 0 spiro atoms. The van der Waals surface area contributed by atoms with Crippen LogP contribution >= 0.6 is 11.6 Å². The zero-order valence-electron chi connectivity index (χ0n) is 20.7. The third kappa shape index (κ3) is 6.77. The highest BCUT2D eigenvalue weighted by Crippen LogP contribution is 2.35. The molecular weight excluding hydrogens is 492 g/mol. The minimum atomic E-state index is -0.731. The molecule has 3 N–H and O–H groups in total. The second-order valence-corrected chi connectivity index (χ2v) is 9.66. The lowest BCUT2D eigenvalue weighted by Crippen LogP contribution is -2.49. The number of nitriles is 1. The van der Waals surface area contributed by atoms with E-state index in [0.29, 0.717) is 53.8 Å². The van der Waals surface area contributed by atoms with Gasteiger partial charge in [-0.1, -0.05) is 23.7 Å². The summed E-state index contributed by atoms with van der Waals surface area (Å²) in [5.74, 6) is 0.533. The van der Waals surface area contributed by atoms with Gasteiger partial charge in [0.1, 0.15) is 18.4 Å². The van der Waals surface area contributed by atoms with Crippen LogP contribution in [0.15, 0.2) is 60.8 Å². The second kappa shape index (κ2) is 12.4. The molecule has 37 heavy (non-hydrogen) atoms. The summed E-state index contributed by atoms with van der Waals surface area (Å²) in [6, 6.07) is 18.8. The number of aromatic nitrogens is 1. The number of nitrogens with zero attached hydrogens (tertiary/aromatic N) is 4. The monoisotopic (exact) mass is 522 g/mol. The van der Waals surface area contributed by atoms with E-state index < -0.39 is 12.2 Å². The third-order valence-corrected chi connectivity index (χ3v) is 6.68. The Bertz CT molecular complexity index is 1230. The molecule has 1 aliphatic rings. The summed E-state index contributed by atoms with van der Waals surface area (Å²) in [5.41, 5.74) is 3.57. The molecule has 4 rings (SSSR count). The molecule has 0 amide bonds. The fraction of sp³-hybridized carbons (Fsp3) is 0.357. The number of halogens is 1. The van der Waals surface area contributed by atoms with Crippen molar-refractivity contribution < 1.29 is 20.1 Å². The van der Waals surface area contributed by atoms with Gasteiger partial charge in [-0.25, -0.2) is 0 Å². The highest BCUT2D eigenvalue weighted by Gasteiger charge is 2.31. The summed E-state index contributed by atoms with van der Waals surface area (Å²) < 4.78 is 5.61. The van der Waals surface area contributed by atoms with Crippen LogP contribution in [-0.4, -0.2) is 64.1 Å². The number of hydrogen-bond acceptors (Lipinski definition) is 8. The molecule has 1 fully saturated rings. The number of ether oxygens (including phenoxy) is 1. The zero-order valence-corrected chi connectivity index (χ0v) is 21.4. The fourth-order valence-electron chi connectivity index (χ4n) is 4.57. The van der Waals surface area contributed by atoms with E-state index in [9.17, 15) is 20.6 Å². The lowest BCUT2D eigenvalue weighted by Gasteiger charge is -2.44. The highest BCUT2D eigenvalue weighted by molar-refractivity contribution is 6.30. The van der Waals surface area contributed by atoms with Crippen LogP contribution in [-0.2, 0) is 6.61 Å². The van der Waals surface area contributed by atoms with Crippen LogP contribution in [0.5, 0.6) is 5.75 Å². The molecule has 9 heteroatoms.